The molecular weight excluding hydrogens is 138 g/mol. The van der Waals surface area contributed by atoms with Gasteiger partial charge in [0.05, 0.1) is 0 Å². The normalized spacial score (nSPS) is 11.3. The van der Waals surface area contributed by atoms with Gasteiger partial charge < -0.3 is 0 Å². The molecule has 0 saturated heterocycles. The zero-order valence-electron chi connectivity index (χ0n) is 3.63. The smallest absolute Gasteiger partial charge is 0.208 e. The summed E-state index contributed by atoms with van der Waals surface area (Å²) < 4.78 is 9.73. The first-order valence-electron chi connectivity index (χ1n) is 1.74. The lowest BCUT2D eigenvalue weighted by Crippen LogP contribution is -1.99. The van der Waals surface area contributed by atoms with Crippen molar-refractivity contribution in [2.24, 2.45) is 0 Å². The van der Waals surface area contributed by atoms with Crippen LogP contribution in [0.5, 0.6) is 0 Å². The Morgan fingerprint density at radius 3 is 2.14 bits per heavy atom. The Balaban J connectivity index is 3.34. The van der Waals surface area contributed by atoms with E-state index in [2.05, 4.69) is 6.58 Å². The summed E-state index contributed by atoms with van der Waals surface area (Å²) in [6.45, 7) is 3.24. The van der Waals surface area contributed by atoms with Crippen LogP contribution in [0.2, 0.25) is 0 Å². The van der Waals surface area contributed by atoms with E-state index in [1.807, 2.05) is 0 Å². The zero-order chi connectivity index (χ0) is 5.91. The molecule has 0 aromatic rings. The van der Waals surface area contributed by atoms with E-state index < -0.39 is 4.59 Å². The fourth-order valence-electron chi connectivity index (χ4n) is 0.164. The van der Waals surface area contributed by atoms with Crippen LogP contribution in [0.25, 0.3) is 0 Å². The molecule has 0 unspecified atom stereocenters. The minimum atomic E-state index is -2.12. The second-order valence-corrected chi connectivity index (χ2v) is 2.50. The van der Waals surface area contributed by atoms with Gasteiger partial charge in [-0.3, -0.25) is 0 Å². The van der Waals surface area contributed by atoms with Crippen molar-refractivity contribution in [3.63, 3.8) is 0 Å². The van der Waals surface area contributed by atoms with E-state index in [9.17, 15) is 4.39 Å². The summed E-state index contributed by atoms with van der Waals surface area (Å²) in [6.07, 6.45) is 1.29. The first kappa shape index (κ1) is 7.25. The van der Waals surface area contributed by atoms with Gasteiger partial charge in [0.2, 0.25) is 0 Å². The van der Waals surface area contributed by atoms with Gasteiger partial charge in [0.1, 0.15) is 0 Å². The molecule has 0 aliphatic heterocycles. The molecule has 0 fully saturated rings. The maximum absolute atomic E-state index is 11.8. The maximum Gasteiger partial charge on any atom is 0.260 e. The number of rotatable bonds is 2. The predicted molar refractivity (Wildman–Crippen MR) is 30.4 cm³/mol. The average Bonchev–Trinajstić information content (AvgIpc) is 1.30. The summed E-state index contributed by atoms with van der Waals surface area (Å²) >= 11 is 9.72. The van der Waals surface area contributed by atoms with Gasteiger partial charge in [0.15, 0.2) is 0 Å². The Bertz CT molecular complexity index is 64.6. The predicted octanol–water partition coefficient (Wildman–Crippen LogP) is 2.66. The number of hydrogen-bond acceptors (Lipinski definition) is 0. The molecule has 0 heterocycles. The van der Waals surface area contributed by atoms with Gasteiger partial charge in [0, 0.05) is 6.42 Å². The Labute approximate surface area is 51.9 Å². The number of allylic oxidation sites excluding steroid dienone is 1. The van der Waals surface area contributed by atoms with Crippen LogP contribution in [0.3, 0.4) is 0 Å². The quantitative estimate of drug-likeness (QED) is 0.411. The molecular formula is C4H5Cl2F. The monoisotopic (exact) mass is 142 g/mol. The van der Waals surface area contributed by atoms with Crippen molar-refractivity contribution in [3.05, 3.63) is 12.7 Å². The first-order chi connectivity index (χ1) is 3.06. The Morgan fingerprint density at radius 2 is 2.14 bits per heavy atom. The largest absolute Gasteiger partial charge is 0.260 e. The van der Waals surface area contributed by atoms with Crippen LogP contribution in [0.15, 0.2) is 12.7 Å². The lowest BCUT2D eigenvalue weighted by Gasteiger charge is -2.01. The van der Waals surface area contributed by atoms with E-state index in [4.69, 9.17) is 23.2 Å². The fourth-order valence-corrected chi connectivity index (χ4v) is 0.382. The third-order valence-corrected chi connectivity index (χ3v) is 0.684. The number of halogens is 3. The van der Waals surface area contributed by atoms with E-state index in [1.165, 1.54) is 6.08 Å². The van der Waals surface area contributed by atoms with Crippen molar-refractivity contribution in [2.45, 2.75) is 11.0 Å². The summed E-state index contributed by atoms with van der Waals surface area (Å²) in [5.74, 6) is 0. The molecule has 0 atom stereocenters. The molecule has 42 valence electrons. The fraction of sp³-hybridized carbons (Fsp3) is 0.500. The topological polar surface area (TPSA) is 0 Å². The molecule has 0 aromatic carbocycles. The van der Waals surface area contributed by atoms with Crippen molar-refractivity contribution in [2.75, 3.05) is 0 Å². The van der Waals surface area contributed by atoms with Crippen LogP contribution in [0, 0.1) is 0 Å². The van der Waals surface area contributed by atoms with Crippen LogP contribution >= 0.6 is 23.2 Å². The van der Waals surface area contributed by atoms with Gasteiger partial charge in [-0.25, -0.2) is 4.39 Å². The van der Waals surface area contributed by atoms with Crippen molar-refractivity contribution in [1.29, 1.82) is 0 Å². The SMILES string of the molecule is C=CCC(F)(Cl)Cl. The molecule has 0 aromatic heterocycles. The highest BCUT2D eigenvalue weighted by Crippen LogP contribution is 2.26. The minimum absolute atomic E-state index is 0.0316. The first-order valence-corrected chi connectivity index (χ1v) is 2.49. The van der Waals surface area contributed by atoms with Gasteiger partial charge in [-0.1, -0.05) is 29.3 Å². The lowest BCUT2D eigenvalue weighted by atomic mass is 10.5. The molecule has 0 radical (unpaired) electrons. The van der Waals surface area contributed by atoms with Crippen LogP contribution in [-0.2, 0) is 0 Å². The van der Waals surface area contributed by atoms with Gasteiger partial charge in [-0.15, -0.1) is 6.58 Å². The van der Waals surface area contributed by atoms with Gasteiger partial charge in [0.25, 0.3) is 4.59 Å². The molecule has 0 rings (SSSR count). The summed E-state index contributed by atoms with van der Waals surface area (Å²) in [5.41, 5.74) is 0. The molecule has 0 aliphatic rings. The molecule has 0 aliphatic carbocycles. The molecule has 7 heavy (non-hydrogen) atoms. The number of alkyl halides is 3. The van der Waals surface area contributed by atoms with Crippen molar-refractivity contribution in [3.8, 4) is 0 Å². The molecule has 0 nitrogen and oxygen atoms in total. The zero-order valence-corrected chi connectivity index (χ0v) is 5.14. The highest BCUT2D eigenvalue weighted by molar-refractivity contribution is 6.47. The van der Waals surface area contributed by atoms with E-state index in [1.54, 1.807) is 0 Å². The van der Waals surface area contributed by atoms with Gasteiger partial charge in [-0.05, 0) is 0 Å². The van der Waals surface area contributed by atoms with Gasteiger partial charge >= 0.3 is 0 Å². The van der Waals surface area contributed by atoms with Crippen molar-refractivity contribution in [1.82, 2.24) is 0 Å². The molecule has 0 spiro atoms. The Morgan fingerprint density at radius 1 is 1.71 bits per heavy atom. The standard InChI is InChI=1S/C4H5Cl2F/c1-2-3-4(5,6)7/h2H,1,3H2. The molecule has 0 N–H and O–H groups in total. The molecule has 0 bridgehead atoms. The Hall–Kier alpha value is 0.250. The second-order valence-electron chi connectivity index (χ2n) is 1.11. The number of hydrogen-bond donors (Lipinski definition) is 0. The highest BCUT2D eigenvalue weighted by atomic mass is 35.5. The summed E-state index contributed by atoms with van der Waals surface area (Å²) in [6, 6.07) is 0. The lowest BCUT2D eigenvalue weighted by molar-refractivity contribution is 0.396. The van der Waals surface area contributed by atoms with E-state index >= 15 is 0 Å². The molecule has 0 amide bonds. The van der Waals surface area contributed by atoms with Crippen LogP contribution in [0.1, 0.15) is 6.42 Å². The second kappa shape index (κ2) is 2.53. The third-order valence-electron chi connectivity index (χ3n) is 0.376. The summed E-state index contributed by atoms with van der Waals surface area (Å²) in [7, 11) is 0. The van der Waals surface area contributed by atoms with Crippen LogP contribution < -0.4 is 0 Å². The summed E-state index contributed by atoms with van der Waals surface area (Å²) in [5, 5.41) is 0. The van der Waals surface area contributed by atoms with Gasteiger partial charge in [-0.2, -0.15) is 0 Å². The summed E-state index contributed by atoms with van der Waals surface area (Å²) in [4.78, 5) is 0. The van der Waals surface area contributed by atoms with Crippen molar-refractivity contribution >= 4 is 23.2 Å². The van der Waals surface area contributed by atoms with Crippen LogP contribution in [0.4, 0.5) is 4.39 Å². The third kappa shape index (κ3) is 6.25. The van der Waals surface area contributed by atoms with E-state index in [-0.39, 0.29) is 6.42 Å². The molecule has 3 heteroatoms. The highest BCUT2D eigenvalue weighted by Gasteiger charge is 2.18. The molecule has 0 saturated carbocycles. The average molecular weight is 143 g/mol. The Kier molecular flexibility index (Phi) is 2.62. The van der Waals surface area contributed by atoms with Crippen molar-refractivity contribution < 1.29 is 4.39 Å². The van der Waals surface area contributed by atoms with Crippen LogP contribution in [-0.4, -0.2) is 4.59 Å². The maximum atomic E-state index is 11.8. The van der Waals surface area contributed by atoms with E-state index in [0.717, 1.165) is 0 Å². The minimum Gasteiger partial charge on any atom is -0.208 e. The van der Waals surface area contributed by atoms with E-state index in [0.29, 0.717) is 0 Å².